The molecular formula is C23H27NO4. The number of likely N-dealkylation sites (tertiary alicyclic amines) is 1. The van der Waals surface area contributed by atoms with Gasteiger partial charge in [0.2, 0.25) is 0 Å². The van der Waals surface area contributed by atoms with Crippen LogP contribution in [0.5, 0.6) is 5.75 Å². The molecule has 0 aromatic heterocycles. The van der Waals surface area contributed by atoms with Crippen molar-refractivity contribution in [2.75, 3.05) is 27.3 Å². The summed E-state index contributed by atoms with van der Waals surface area (Å²) in [7, 11) is 3.00. The molecule has 5 nitrogen and oxygen atoms in total. The van der Waals surface area contributed by atoms with Crippen LogP contribution < -0.4 is 4.74 Å². The molecule has 1 aliphatic heterocycles. The third-order valence-electron chi connectivity index (χ3n) is 5.21. The zero-order valence-corrected chi connectivity index (χ0v) is 16.4. The minimum atomic E-state index is -0.534. The number of aliphatic hydroxyl groups is 1. The number of β-amino-alcohol motifs (C(OH)–C–C–N with tert-alkyl or cyclic N) is 1. The molecule has 0 amide bonds. The fraction of sp³-hybridized carbons (Fsp3) is 0.348. The Kier molecular flexibility index (Phi) is 6.85. The number of carbonyl (C=O) groups is 1. The molecule has 1 saturated heterocycles. The van der Waals surface area contributed by atoms with Gasteiger partial charge in [0, 0.05) is 18.7 Å². The van der Waals surface area contributed by atoms with Crippen LogP contribution in [0, 0.1) is 0 Å². The minimum absolute atomic E-state index is 0.298. The lowest BCUT2D eigenvalue weighted by molar-refractivity contribution is -0.134. The first-order valence-electron chi connectivity index (χ1n) is 9.52. The van der Waals surface area contributed by atoms with E-state index >= 15 is 0 Å². The van der Waals surface area contributed by atoms with E-state index in [1.54, 1.807) is 13.2 Å². The van der Waals surface area contributed by atoms with Gasteiger partial charge >= 0.3 is 5.97 Å². The van der Waals surface area contributed by atoms with Crippen molar-refractivity contribution in [1.29, 1.82) is 0 Å². The van der Waals surface area contributed by atoms with E-state index in [1.807, 2.05) is 36.4 Å². The van der Waals surface area contributed by atoms with E-state index in [0.717, 1.165) is 36.3 Å². The first-order chi connectivity index (χ1) is 13.6. The van der Waals surface area contributed by atoms with Crippen LogP contribution in [0.4, 0.5) is 0 Å². The molecule has 3 rings (SSSR count). The van der Waals surface area contributed by atoms with Crippen LogP contribution in [0.2, 0.25) is 0 Å². The van der Waals surface area contributed by atoms with Crippen LogP contribution >= 0.6 is 0 Å². The number of methoxy groups -OCH3 is 2. The molecule has 1 heterocycles. The summed E-state index contributed by atoms with van der Waals surface area (Å²) in [5, 5.41) is 10.7. The predicted molar refractivity (Wildman–Crippen MR) is 109 cm³/mol. The van der Waals surface area contributed by atoms with E-state index in [1.165, 1.54) is 18.7 Å². The molecule has 0 saturated carbocycles. The second-order valence-electron chi connectivity index (χ2n) is 6.97. The van der Waals surface area contributed by atoms with Crippen LogP contribution in [-0.4, -0.2) is 43.3 Å². The van der Waals surface area contributed by atoms with Gasteiger partial charge in [0.1, 0.15) is 5.75 Å². The average molecular weight is 381 g/mol. The number of ether oxygens (including phenoxy) is 2. The third-order valence-corrected chi connectivity index (χ3v) is 5.21. The number of benzene rings is 2. The molecule has 1 N–H and O–H groups in total. The first kappa shape index (κ1) is 20.1. The van der Waals surface area contributed by atoms with Gasteiger partial charge in [0.15, 0.2) is 0 Å². The molecule has 0 aliphatic carbocycles. The fourth-order valence-electron chi connectivity index (χ4n) is 3.64. The van der Waals surface area contributed by atoms with E-state index in [2.05, 4.69) is 21.8 Å². The van der Waals surface area contributed by atoms with Gasteiger partial charge in [-0.1, -0.05) is 36.4 Å². The van der Waals surface area contributed by atoms with Crippen LogP contribution in [0.25, 0.3) is 6.08 Å². The molecule has 5 heteroatoms. The number of hydrogen-bond donors (Lipinski definition) is 1. The van der Waals surface area contributed by atoms with Crippen molar-refractivity contribution in [3.63, 3.8) is 0 Å². The Morgan fingerprint density at radius 2 is 1.89 bits per heavy atom. The minimum Gasteiger partial charge on any atom is -0.497 e. The highest BCUT2D eigenvalue weighted by atomic mass is 16.5. The topological polar surface area (TPSA) is 59.0 Å². The number of aliphatic hydroxyl groups excluding tert-OH is 1. The number of carbonyl (C=O) groups excluding carboxylic acids is 1. The van der Waals surface area contributed by atoms with E-state index in [9.17, 15) is 9.90 Å². The van der Waals surface area contributed by atoms with E-state index < -0.39 is 6.10 Å². The molecule has 2 atom stereocenters. The van der Waals surface area contributed by atoms with Gasteiger partial charge in [-0.25, -0.2) is 4.79 Å². The average Bonchev–Trinajstić information content (AvgIpc) is 3.20. The van der Waals surface area contributed by atoms with Gasteiger partial charge in [-0.3, -0.25) is 4.90 Å². The lowest BCUT2D eigenvalue weighted by Gasteiger charge is -2.27. The van der Waals surface area contributed by atoms with Crippen molar-refractivity contribution in [2.45, 2.75) is 25.0 Å². The molecule has 1 aliphatic rings. The largest absolute Gasteiger partial charge is 0.497 e. The van der Waals surface area contributed by atoms with Gasteiger partial charge in [0.05, 0.1) is 20.3 Å². The molecule has 28 heavy (non-hydrogen) atoms. The van der Waals surface area contributed by atoms with Crippen molar-refractivity contribution >= 4 is 12.0 Å². The van der Waals surface area contributed by atoms with Crippen LogP contribution in [0.3, 0.4) is 0 Å². The quantitative estimate of drug-likeness (QED) is 0.585. The van der Waals surface area contributed by atoms with Crippen LogP contribution in [0.15, 0.2) is 54.6 Å². The highest BCUT2D eigenvalue weighted by molar-refractivity contribution is 5.86. The Labute approximate surface area is 166 Å². The molecule has 0 radical (unpaired) electrons. The monoisotopic (exact) mass is 381 g/mol. The van der Waals surface area contributed by atoms with E-state index in [4.69, 9.17) is 4.74 Å². The number of esters is 1. The van der Waals surface area contributed by atoms with Gasteiger partial charge in [-0.15, -0.1) is 0 Å². The summed E-state index contributed by atoms with van der Waals surface area (Å²) in [5.41, 5.74) is 3.08. The molecule has 0 spiro atoms. The molecule has 2 aromatic carbocycles. The SMILES string of the molecule is COC(=O)/C=C/c1ccc(C2CCCN2CC(O)c2ccc(OC)cc2)cc1. The Balaban J connectivity index is 1.65. The van der Waals surface area contributed by atoms with Gasteiger partial charge in [-0.2, -0.15) is 0 Å². The Morgan fingerprint density at radius 1 is 1.18 bits per heavy atom. The molecule has 148 valence electrons. The summed E-state index contributed by atoms with van der Waals surface area (Å²) in [5.74, 6) is 0.426. The summed E-state index contributed by atoms with van der Waals surface area (Å²) < 4.78 is 9.80. The zero-order valence-electron chi connectivity index (χ0n) is 16.4. The lowest BCUT2D eigenvalue weighted by atomic mass is 10.0. The van der Waals surface area contributed by atoms with Crippen molar-refractivity contribution in [3.8, 4) is 5.75 Å². The second-order valence-corrected chi connectivity index (χ2v) is 6.97. The molecule has 0 bridgehead atoms. The van der Waals surface area contributed by atoms with Gasteiger partial charge in [0.25, 0.3) is 0 Å². The fourth-order valence-corrected chi connectivity index (χ4v) is 3.64. The number of rotatable bonds is 7. The second kappa shape index (κ2) is 9.53. The third kappa shape index (κ3) is 5.00. The van der Waals surface area contributed by atoms with Crippen LogP contribution in [0.1, 0.15) is 41.7 Å². The van der Waals surface area contributed by atoms with Crippen molar-refractivity contribution < 1.29 is 19.4 Å². The van der Waals surface area contributed by atoms with E-state index in [-0.39, 0.29) is 5.97 Å². The Bertz CT molecular complexity index is 798. The van der Waals surface area contributed by atoms with Crippen molar-refractivity contribution in [3.05, 3.63) is 71.3 Å². The molecular weight excluding hydrogens is 354 g/mol. The van der Waals surface area contributed by atoms with Crippen molar-refractivity contribution in [2.24, 2.45) is 0 Å². The van der Waals surface area contributed by atoms with E-state index in [0.29, 0.717) is 12.6 Å². The lowest BCUT2D eigenvalue weighted by Crippen LogP contribution is -2.28. The molecule has 2 aromatic rings. The smallest absolute Gasteiger partial charge is 0.330 e. The molecule has 1 fully saturated rings. The predicted octanol–water partition coefficient (Wildman–Crippen LogP) is 3.75. The van der Waals surface area contributed by atoms with Gasteiger partial charge < -0.3 is 14.6 Å². The van der Waals surface area contributed by atoms with Gasteiger partial charge in [-0.05, 0) is 54.3 Å². The zero-order chi connectivity index (χ0) is 19.9. The normalized spacial score (nSPS) is 18.3. The number of hydrogen-bond acceptors (Lipinski definition) is 5. The van der Waals surface area contributed by atoms with Crippen LogP contribution in [-0.2, 0) is 9.53 Å². The summed E-state index contributed by atoms with van der Waals surface area (Å²) in [6, 6.07) is 16.1. The highest BCUT2D eigenvalue weighted by Crippen LogP contribution is 2.33. The summed E-state index contributed by atoms with van der Waals surface area (Å²) in [6.07, 6.45) is 4.82. The Morgan fingerprint density at radius 3 is 2.54 bits per heavy atom. The molecule has 2 unspecified atom stereocenters. The maximum atomic E-state index is 11.2. The van der Waals surface area contributed by atoms with Crippen molar-refractivity contribution in [1.82, 2.24) is 4.90 Å². The summed E-state index contributed by atoms with van der Waals surface area (Å²) in [6.45, 7) is 1.57. The summed E-state index contributed by atoms with van der Waals surface area (Å²) >= 11 is 0. The standard InChI is InChI=1S/C23H27NO4/c1-27-20-12-10-19(11-13-20)22(25)16-24-15-3-4-21(24)18-8-5-17(6-9-18)7-14-23(26)28-2/h5-14,21-22,25H,3-4,15-16H2,1-2H3/b14-7+. The highest BCUT2D eigenvalue weighted by Gasteiger charge is 2.27. The Hall–Kier alpha value is -2.63. The summed E-state index contributed by atoms with van der Waals surface area (Å²) in [4.78, 5) is 13.6. The first-order valence-corrected chi connectivity index (χ1v) is 9.52. The maximum Gasteiger partial charge on any atom is 0.330 e. The number of nitrogens with zero attached hydrogens (tertiary/aromatic N) is 1. The maximum absolute atomic E-state index is 11.2.